The van der Waals surface area contributed by atoms with Gasteiger partial charge in [0.25, 0.3) is 0 Å². The van der Waals surface area contributed by atoms with Crippen LogP contribution in [-0.2, 0) is 0 Å². The van der Waals surface area contributed by atoms with Crippen LogP contribution in [0.1, 0.15) is 11.7 Å². The molecule has 0 saturated carbocycles. The van der Waals surface area contributed by atoms with Crippen molar-refractivity contribution in [3.63, 3.8) is 0 Å². The maximum atomic E-state index is 12.5. The Morgan fingerprint density at radius 1 is 1.08 bits per heavy atom. The zero-order valence-electron chi connectivity index (χ0n) is 7.26. The second-order valence-electron chi connectivity index (χ2n) is 2.56. The molecule has 0 heterocycles. The zero-order chi connectivity index (χ0) is 8.97. The molecule has 0 bridgehead atoms. The summed E-state index contributed by atoms with van der Waals surface area (Å²) >= 11 is 0. The molecule has 0 atom stereocenters. The molecule has 66 valence electrons. The highest BCUT2D eigenvalue weighted by atomic mass is 19.1. The van der Waals surface area contributed by atoms with Crippen LogP contribution in [0.5, 0.6) is 0 Å². The van der Waals surface area contributed by atoms with Gasteiger partial charge in [0.2, 0.25) is 0 Å². The molecule has 3 heteroatoms. The van der Waals surface area contributed by atoms with Crippen molar-refractivity contribution < 1.29 is 4.39 Å². The Morgan fingerprint density at radius 2 is 1.58 bits per heavy atom. The molecule has 0 fully saturated rings. The van der Waals surface area contributed by atoms with E-state index in [1.807, 2.05) is 14.1 Å². The second kappa shape index (κ2) is 4.18. The van der Waals surface area contributed by atoms with Gasteiger partial charge in [-0.2, -0.15) is 0 Å². The van der Waals surface area contributed by atoms with E-state index in [4.69, 9.17) is 0 Å². The van der Waals surface area contributed by atoms with E-state index in [1.165, 1.54) is 12.1 Å². The van der Waals surface area contributed by atoms with Crippen molar-refractivity contribution in [2.45, 2.75) is 6.17 Å². The molecule has 2 nitrogen and oxygen atoms in total. The number of halogens is 1. The second-order valence-corrected chi connectivity index (χ2v) is 2.56. The zero-order valence-corrected chi connectivity index (χ0v) is 7.26. The molecule has 0 saturated heterocycles. The fourth-order valence-electron chi connectivity index (χ4n) is 1.13. The molecule has 0 aliphatic rings. The average Bonchev–Trinajstić information content (AvgIpc) is 2.10. The van der Waals surface area contributed by atoms with Crippen molar-refractivity contribution in [3.8, 4) is 0 Å². The summed E-state index contributed by atoms with van der Waals surface area (Å²) in [7, 11) is 3.70. The summed E-state index contributed by atoms with van der Waals surface area (Å²) in [4.78, 5) is 0. The summed E-state index contributed by atoms with van der Waals surface area (Å²) in [6, 6.07) is 6.42. The maximum Gasteiger partial charge on any atom is 0.123 e. The third-order valence-corrected chi connectivity index (χ3v) is 1.78. The molecule has 0 aliphatic carbocycles. The lowest BCUT2D eigenvalue weighted by Gasteiger charge is -2.14. The Hall–Kier alpha value is -0.930. The number of rotatable bonds is 3. The molecular weight excluding hydrogens is 155 g/mol. The van der Waals surface area contributed by atoms with Crippen LogP contribution in [0.25, 0.3) is 0 Å². The average molecular weight is 168 g/mol. The van der Waals surface area contributed by atoms with Crippen LogP contribution in [0.4, 0.5) is 4.39 Å². The lowest BCUT2D eigenvalue weighted by Crippen LogP contribution is -2.28. The first kappa shape index (κ1) is 9.16. The van der Waals surface area contributed by atoms with E-state index in [1.54, 1.807) is 12.1 Å². The van der Waals surface area contributed by atoms with Crippen molar-refractivity contribution >= 4 is 0 Å². The minimum absolute atomic E-state index is 0.0885. The van der Waals surface area contributed by atoms with Gasteiger partial charge in [0.05, 0.1) is 6.17 Å². The summed E-state index contributed by atoms with van der Waals surface area (Å²) in [5.41, 5.74) is 1.03. The Morgan fingerprint density at radius 3 is 2.00 bits per heavy atom. The molecule has 0 unspecified atom stereocenters. The topological polar surface area (TPSA) is 24.1 Å². The summed E-state index contributed by atoms with van der Waals surface area (Å²) in [6.45, 7) is 0. The highest BCUT2D eigenvalue weighted by Crippen LogP contribution is 2.09. The van der Waals surface area contributed by atoms with E-state index in [9.17, 15) is 4.39 Å². The van der Waals surface area contributed by atoms with Gasteiger partial charge < -0.3 is 10.6 Å². The molecule has 12 heavy (non-hydrogen) atoms. The molecular formula is C9H13FN2. The van der Waals surface area contributed by atoms with Gasteiger partial charge in [0.15, 0.2) is 0 Å². The molecule has 0 aliphatic heterocycles. The quantitative estimate of drug-likeness (QED) is 0.664. The normalized spacial score (nSPS) is 10.7. The highest BCUT2D eigenvalue weighted by Gasteiger charge is 2.04. The molecule has 0 aromatic heterocycles. The Bertz CT molecular complexity index is 229. The third-order valence-electron chi connectivity index (χ3n) is 1.78. The smallest absolute Gasteiger partial charge is 0.123 e. The Labute approximate surface area is 71.8 Å². The van der Waals surface area contributed by atoms with Gasteiger partial charge in [-0.3, -0.25) is 0 Å². The van der Waals surface area contributed by atoms with Gasteiger partial charge in [0.1, 0.15) is 5.82 Å². The van der Waals surface area contributed by atoms with Crippen LogP contribution in [0.3, 0.4) is 0 Å². The predicted molar refractivity (Wildman–Crippen MR) is 47.3 cm³/mol. The minimum Gasteiger partial charge on any atom is -0.301 e. The first-order valence-electron chi connectivity index (χ1n) is 3.88. The van der Waals surface area contributed by atoms with Gasteiger partial charge in [0, 0.05) is 0 Å². The Kier molecular flexibility index (Phi) is 3.19. The van der Waals surface area contributed by atoms with Crippen LogP contribution in [0, 0.1) is 5.82 Å². The fraction of sp³-hybridized carbons (Fsp3) is 0.333. The lowest BCUT2D eigenvalue weighted by molar-refractivity contribution is 0.518. The Balaban J connectivity index is 2.80. The SMILES string of the molecule is CNC(NC)c1ccc(F)cc1. The summed E-state index contributed by atoms with van der Waals surface area (Å²) < 4.78 is 12.5. The van der Waals surface area contributed by atoms with Crippen molar-refractivity contribution in [3.05, 3.63) is 35.6 Å². The molecule has 1 aromatic rings. The van der Waals surface area contributed by atoms with Gasteiger partial charge in [-0.05, 0) is 31.8 Å². The van der Waals surface area contributed by atoms with Crippen LogP contribution in [0.15, 0.2) is 24.3 Å². The first-order chi connectivity index (χ1) is 5.77. The number of hydrogen-bond donors (Lipinski definition) is 2. The van der Waals surface area contributed by atoms with Gasteiger partial charge in [-0.1, -0.05) is 12.1 Å². The van der Waals surface area contributed by atoms with Crippen LogP contribution < -0.4 is 10.6 Å². The van der Waals surface area contributed by atoms with Gasteiger partial charge >= 0.3 is 0 Å². The van der Waals surface area contributed by atoms with Gasteiger partial charge in [-0.15, -0.1) is 0 Å². The molecule has 0 spiro atoms. The van der Waals surface area contributed by atoms with Crippen molar-refractivity contribution in [2.24, 2.45) is 0 Å². The van der Waals surface area contributed by atoms with E-state index in [0.29, 0.717) is 0 Å². The van der Waals surface area contributed by atoms with Crippen molar-refractivity contribution in [2.75, 3.05) is 14.1 Å². The number of benzene rings is 1. The van der Waals surface area contributed by atoms with E-state index in [2.05, 4.69) is 10.6 Å². The molecule has 0 amide bonds. The summed E-state index contributed by atoms with van der Waals surface area (Å²) in [5, 5.41) is 6.11. The minimum atomic E-state index is -0.204. The number of nitrogens with one attached hydrogen (secondary N) is 2. The van der Waals surface area contributed by atoms with Gasteiger partial charge in [-0.25, -0.2) is 4.39 Å². The summed E-state index contributed by atoms with van der Waals surface area (Å²) in [6.07, 6.45) is 0.0885. The van der Waals surface area contributed by atoms with Crippen molar-refractivity contribution in [1.82, 2.24) is 10.6 Å². The highest BCUT2D eigenvalue weighted by molar-refractivity contribution is 5.19. The molecule has 1 aromatic carbocycles. The van der Waals surface area contributed by atoms with Crippen LogP contribution in [-0.4, -0.2) is 14.1 Å². The molecule has 1 rings (SSSR count). The first-order valence-corrected chi connectivity index (χ1v) is 3.88. The monoisotopic (exact) mass is 168 g/mol. The van der Waals surface area contributed by atoms with Crippen LogP contribution in [0.2, 0.25) is 0 Å². The third kappa shape index (κ3) is 2.03. The molecule has 0 radical (unpaired) electrons. The van der Waals surface area contributed by atoms with E-state index in [-0.39, 0.29) is 12.0 Å². The fourth-order valence-corrected chi connectivity index (χ4v) is 1.13. The van der Waals surface area contributed by atoms with Crippen molar-refractivity contribution in [1.29, 1.82) is 0 Å². The number of hydrogen-bond acceptors (Lipinski definition) is 2. The van der Waals surface area contributed by atoms with E-state index < -0.39 is 0 Å². The lowest BCUT2D eigenvalue weighted by atomic mass is 10.2. The maximum absolute atomic E-state index is 12.5. The van der Waals surface area contributed by atoms with E-state index >= 15 is 0 Å². The molecule has 2 N–H and O–H groups in total. The predicted octanol–water partition coefficient (Wildman–Crippen LogP) is 1.26. The van der Waals surface area contributed by atoms with E-state index in [0.717, 1.165) is 5.56 Å². The standard InChI is InChI=1S/C9H13FN2/c1-11-9(12-2)7-3-5-8(10)6-4-7/h3-6,9,11-12H,1-2H3. The summed E-state index contributed by atoms with van der Waals surface area (Å²) in [5.74, 6) is -0.204. The largest absolute Gasteiger partial charge is 0.301 e. The van der Waals surface area contributed by atoms with Crippen LogP contribution >= 0.6 is 0 Å².